The third kappa shape index (κ3) is 2.78. The molecule has 1 fully saturated rings. The molecule has 2 rings (SSSR count). The Morgan fingerprint density at radius 3 is 2.94 bits per heavy atom. The van der Waals surface area contributed by atoms with Crippen LogP contribution in [-0.2, 0) is 11.3 Å². The Hall–Kier alpha value is -0.510. The molecule has 0 bridgehead atoms. The van der Waals surface area contributed by atoms with Crippen molar-refractivity contribution in [2.45, 2.75) is 31.4 Å². The summed E-state index contributed by atoms with van der Waals surface area (Å²) in [5.41, 5.74) is 2.84. The van der Waals surface area contributed by atoms with Crippen molar-refractivity contribution in [3.8, 4) is 0 Å². The highest BCUT2D eigenvalue weighted by Crippen LogP contribution is 2.37. The number of methoxy groups -OCH3 is 1. The minimum Gasteiger partial charge on any atom is -0.380 e. The predicted molar refractivity (Wildman–Crippen MR) is 69.6 cm³/mol. The van der Waals surface area contributed by atoms with E-state index in [4.69, 9.17) is 4.74 Å². The fourth-order valence-electron chi connectivity index (χ4n) is 1.92. The molecule has 1 aliphatic heterocycles. The van der Waals surface area contributed by atoms with Crippen LogP contribution in [0.15, 0.2) is 24.3 Å². The second-order valence-electron chi connectivity index (χ2n) is 4.90. The van der Waals surface area contributed by atoms with Gasteiger partial charge in [-0.25, -0.2) is 0 Å². The summed E-state index contributed by atoms with van der Waals surface area (Å²) in [4.78, 5) is 0. The van der Waals surface area contributed by atoms with Gasteiger partial charge in [0.05, 0.1) is 12.0 Å². The first-order valence-electron chi connectivity index (χ1n) is 5.58. The zero-order valence-electron chi connectivity index (χ0n) is 10.1. The summed E-state index contributed by atoms with van der Waals surface area (Å²) < 4.78 is 5.16. The van der Waals surface area contributed by atoms with Crippen LogP contribution in [-0.4, -0.2) is 18.4 Å². The largest absolute Gasteiger partial charge is 0.380 e. The predicted octanol–water partition coefficient (Wildman–Crippen LogP) is 2.95. The van der Waals surface area contributed by atoms with Crippen molar-refractivity contribution in [3.63, 3.8) is 0 Å². The van der Waals surface area contributed by atoms with E-state index >= 15 is 0 Å². The molecule has 0 radical (unpaired) electrons. The van der Waals surface area contributed by atoms with Crippen molar-refractivity contribution in [1.82, 2.24) is 5.32 Å². The first-order valence-corrected chi connectivity index (χ1v) is 6.63. The maximum atomic E-state index is 5.16. The van der Waals surface area contributed by atoms with Gasteiger partial charge >= 0.3 is 0 Å². The Labute approximate surface area is 102 Å². The summed E-state index contributed by atoms with van der Waals surface area (Å²) in [6.07, 6.45) is 0. The third-order valence-corrected chi connectivity index (χ3v) is 4.31. The van der Waals surface area contributed by atoms with E-state index in [2.05, 4.69) is 43.4 Å². The smallest absolute Gasteiger partial charge is 0.0794 e. The van der Waals surface area contributed by atoms with Gasteiger partial charge in [0.2, 0.25) is 0 Å². The number of nitrogens with one attached hydrogen (secondary N) is 1. The summed E-state index contributed by atoms with van der Waals surface area (Å²) >= 11 is 1.98. The topological polar surface area (TPSA) is 21.3 Å². The molecule has 1 aromatic carbocycles. The number of benzene rings is 1. The Morgan fingerprint density at radius 2 is 2.31 bits per heavy atom. The van der Waals surface area contributed by atoms with Crippen LogP contribution in [0.4, 0.5) is 0 Å². The average molecular weight is 237 g/mol. The van der Waals surface area contributed by atoms with Gasteiger partial charge in [0.1, 0.15) is 0 Å². The molecule has 1 heterocycles. The van der Waals surface area contributed by atoms with Crippen molar-refractivity contribution in [2.75, 3.05) is 12.9 Å². The highest BCUT2D eigenvalue weighted by molar-refractivity contribution is 7.99. The Morgan fingerprint density at radius 1 is 1.50 bits per heavy atom. The van der Waals surface area contributed by atoms with E-state index in [0.29, 0.717) is 12.0 Å². The lowest BCUT2D eigenvalue weighted by molar-refractivity contribution is 0.185. The van der Waals surface area contributed by atoms with E-state index in [0.717, 1.165) is 5.75 Å². The van der Waals surface area contributed by atoms with Gasteiger partial charge in [0.15, 0.2) is 0 Å². The zero-order valence-corrected chi connectivity index (χ0v) is 10.9. The molecule has 2 nitrogen and oxygen atoms in total. The van der Waals surface area contributed by atoms with Gasteiger partial charge in [-0.2, -0.15) is 0 Å². The van der Waals surface area contributed by atoms with Crippen LogP contribution in [0.25, 0.3) is 0 Å². The molecular weight excluding hydrogens is 218 g/mol. The molecule has 1 atom stereocenters. The van der Waals surface area contributed by atoms with Gasteiger partial charge in [-0.15, -0.1) is 11.8 Å². The molecule has 88 valence electrons. The van der Waals surface area contributed by atoms with Crippen molar-refractivity contribution < 1.29 is 4.74 Å². The van der Waals surface area contributed by atoms with Crippen molar-refractivity contribution >= 4 is 11.8 Å². The van der Waals surface area contributed by atoms with E-state index in [1.807, 2.05) is 11.8 Å². The Bertz CT molecular complexity index is 365. The lowest BCUT2D eigenvalue weighted by Crippen LogP contribution is -2.35. The minimum atomic E-state index is 0.243. The average Bonchev–Trinajstić information content (AvgIpc) is 2.60. The normalized spacial score (nSPS) is 23.6. The van der Waals surface area contributed by atoms with Crippen molar-refractivity contribution in [2.24, 2.45) is 0 Å². The number of thioether (sulfide) groups is 1. The lowest BCUT2D eigenvalue weighted by atomic mass is 10.1. The number of hydrogen-bond acceptors (Lipinski definition) is 3. The van der Waals surface area contributed by atoms with Gasteiger partial charge in [0, 0.05) is 18.4 Å². The fourth-order valence-corrected chi connectivity index (χ4v) is 3.33. The molecule has 1 unspecified atom stereocenters. The molecule has 0 saturated carbocycles. The monoisotopic (exact) mass is 237 g/mol. The van der Waals surface area contributed by atoms with E-state index in [9.17, 15) is 0 Å². The van der Waals surface area contributed by atoms with E-state index in [1.165, 1.54) is 11.1 Å². The van der Waals surface area contributed by atoms with Crippen LogP contribution in [0.2, 0.25) is 0 Å². The van der Waals surface area contributed by atoms with Gasteiger partial charge in [-0.1, -0.05) is 24.3 Å². The van der Waals surface area contributed by atoms with Crippen LogP contribution in [0, 0.1) is 0 Å². The van der Waals surface area contributed by atoms with E-state index < -0.39 is 0 Å². The second-order valence-corrected chi connectivity index (χ2v) is 5.99. The Balaban J connectivity index is 2.12. The summed E-state index contributed by atoms with van der Waals surface area (Å²) in [6, 6.07) is 8.63. The highest BCUT2D eigenvalue weighted by atomic mass is 32.2. The summed E-state index contributed by atoms with van der Waals surface area (Å²) in [6.45, 7) is 5.19. The number of ether oxygens (including phenoxy) is 1. The third-order valence-electron chi connectivity index (χ3n) is 2.70. The molecule has 0 spiro atoms. The van der Waals surface area contributed by atoms with Gasteiger partial charge < -0.3 is 4.74 Å². The maximum Gasteiger partial charge on any atom is 0.0794 e. The highest BCUT2D eigenvalue weighted by Gasteiger charge is 2.31. The van der Waals surface area contributed by atoms with E-state index in [1.54, 1.807) is 7.11 Å². The van der Waals surface area contributed by atoms with Gasteiger partial charge in [0.25, 0.3) is 0 Å². The molecule has 1 saturated heterocycles. The first-order chi connectivity index (χ1) is 7.61. The maximum absolute atomic E-state index is 5.16. The van der Waals surface area contributed by atoms with E-state index in [-0.39, 0.29) is 5.54 Å². The van der Waals surface area contributed by atoms with Crippen LogP contribution in [0.5, 0.6) is 0 Å². The van der Waals surface area contributed by atoms with Crippen LogP contribution < -0.4 is 5.32 Å². The molecule has 1 N–H and O–H groups in total. The fraction of sp³-hybridized carbons (Fsp3) is 0.538. The van der Waals surface area contributed by atoms with Gasteiger partial charge in [-0.3, -0.25) is 5.32 Å². The quantitative estimate of drug-likeness (QED) is 0.873. The molecule has 0 aromatic heterocycles. The first kappa shape index (κ1) is 12.0. The standard InChI is InChI=1S/C13H19NOS/c1-13(2)9-16-12(14-13)11-6-4-5-10(7-11)8-15-3/h4-7,12,14H,8-9H2,1-3H3. The molecule has 0 aliphatic carbocycles. The SMILES string of the molecule is COCc1cccc(C2NC(C)(C)CS2)c1. The summed E-state index contributed by atoms with van der Waals surface area (Å²) in [7, 11) is 1.73. The van der Waals surface area contributed by atoms with Crippen molar-refractivity contribution in [1.29, 1.82) is 0 Å². The number of rotatable bonds is 3. The van der Waals surface area contributed by atoms with Crippen LogP contribution >= 0.6 is 11.8 Å². The summed E-state index contributed by atoms with van der Waals surface area (Å²) in [5.74, 6) is 1.16. The molecular formula is C13H19NOS. The second kappa shape index (κ2) is 4.78. The Kier molecular flexibility index (Phi) is 3.57. The molecule has 16 heavy (non-hydrogen) atoms. The van der Waals surface area contributed by atoms with Gasteiger partial charge in [-0.05, 0) is 25.0 Å². The summed E-state index contributed by atoms with van der Waals surface area (Å²) in [5, 5.41) is 4.06. The molecule has 0 amide bonds. The zero-order chi connectivity index (χ0) is 11.6. The minimum absolute atomic E-state index is 0.243. The molecule has 3 heteroatoms. The molecule has 1 aliphatic rings. The van der Waals surface area contributed by atoms with Crippen molar-refractivity contribution in [3.05, 3.63) is 35.4 Å². The lowest BCUT2D eigenvalue weighted by Gasteiger charge is -2.19. The number of hydrogen-bond donors (Lipinski definition) is 1. The van der Waals surface area contributed by atoms with Crippen LogP contribution in [0.3, 0.4) is 0 Å². The van der Waals surface area contributed by atoms with Crippen LogP contribution in [0.1, 0.15) is 30.3 Å². The molecule has 1 aromatic rings.